The van der Waals surface area contributed by atoms with Gasteiger partial charge in [0.2, 0.25) is 10.0 Å². The minimum Gasteiger partial charge on any atom is -0.467 e. The molecule has 2 heterocycles. The lowest BCUT2D eigenvalue weighted by atomic mass is 10.4. The first-order chi connectivity index (χ1) is 8.88. The van der Waals surface area contributed by atoms with Crippen LogP contribution in [0.15, 0.2) is 27.6 Å². The molecule has 8 nitrogen and oxygen atoms in total. The van der Waals surface area contributed by atoms with Crippen LogP contribution in [-0.2, 0) is 23.1 Å². The van der Waals surface area contributed by atoms with Gasteiger partial charge in [0.15, 0.2) is 0 Å². The van der Waals surface area contributed by atoms with Crippen LogP contribution in [0.1, 0.15) is 11.6 Å². The fraction of sp³-hybridized carbons (Fsp3) is 0.400. The van der Waals surface area contributed by atoms with Gasteiger partial charge >= 0.3 is 5.69 Å². The molecule has 1 N–H and O–H groups in total. The van der Waals surface area contributed by atoms with Crippen molar-refractivity contribution < 1.29 is 12.8 Å². The maximum absolute atomic E-state index is 11.6. The van der Waals surface area contributed by atoms with Crippen molar-refractivity contribution >= 4 is 10.0 Å². The van der Waals surface area contributed by atoms with Crippen molar-refractivity contribution in [1.82, 2.24) is 19.1 Å². The zero-order valence-corrected chi connectivity index (χ0v) is 11.3. The Morgan fingerprint density at radius 2 is 2.26 bits per heavy atom. The number of aromatic amines is 1. The van der Waals surface area contributed by atoms with Crippen LogP contribution in [0.5, 0.6) is 0 Å². The van der Waals surface area contributed by atoms with E-state index < -0.39 is 15.7 Å². The lowest BCUT2D eigenvalue weighted by molar-refractivity contribution is 0.440. The molecule has 0 saturated carbocycles. The molecule has 0 unspecified atom stereocenters. The van der Waals surface area contributed by atoms with Crippen molar-refractivity contribution in [2.75, 3.05) is 13.3 Å². The molecule has 0 aromatic carbocycles. The van der Waals surface area contributed by atoms with Gasteiger partial charge in [0.25, 0.3) is 0 Å². The minimum atomic E-state index is -3.33. The normalized spacial score (nSPS) is 12.2. The van der Waals surface area contributed by atoms with Crippen molar-refractivity contribution in [2.45, 2.75) is 13.1 Å². The molecule has 0 atom stereocenters. The number of furan rings is 1. The summed E-state index contributed by atoms with van der Waals surface area (Å²) in [6.45, 7) is 0.216. The minimum absolute atomic E-state index is 0.0122. The fourth-order valence-electron chi connectivity index (χ4n) is 1.51. The van der Waals surface area contributed by atoms with Crippen LogP contribution in [0.2, 0.25) is 0 Å². The molecule has 2 aromatic heterocycles. The van der Waals surface area contributed by atoms with E-state index in [0.717, 1.165) is 10.6 Å². The largest absolute Gasteiger partial charge is 0.467 e. The van der Waals surface area contributed by atoms with Gasteiger partial charge in [-0.3, -0.25) is 4.57 Å². The summed E-state index contributed by atoms with van der Waals surface area (Å²) in [4.78, 5) is 11.6. The van der Waals surface area contributed by atoms with E-state index >= 15 is 0 Å². The molecule has 0 saturated heterocycles. The molecule has 9 heteroatoms. The molecule has 104 valence electrons. The molecule has 0 aliphatic rings. The summed E-state index contributed by atoms with van der Waals surface area (Å²) in [7, 11) is -1.91. The van der Waals surface area contributed by atoms with Gasteiger partial charge in [-0.2, -0.15) is 9.40 Å². The van der Waals surface area contributed by atoms with Gasteiger partial charge in [0.05, 0.1) is 25.6 Å². The molecule has 0 aliphatic heterocycles. The Kier molecular flexibility index (Phi) is 3.58. The Balaban J connectivity index is 2.25. The van der Waals surface area contributed by atoms with Crippen LogP contribution in [-0.4, -0.2) is 40.8 Å². The maximum atomic E-state index is 11.6. The van der Waals surface area contributed by atoms with Gasteiger partial charge < -0.3 is 4.42 Å². The van der Waals surface area contributed by atoms with Crippen LogP contribution >= 0.6 is 0 Å². The standard InChI is InChI=1S/C10H14N4O4S/c1-13(19(2,16)17)7-9-11-12-10(15)14(9)6-8-4-3-5-18-8/h3-5H,6-7H2,1-2H3,(H,12,15). The fourth-order valence-corrected chi connectivity index (χ4v) is 1.86. The average molecular weight is 286 g/mol. The van der Waals surface area contributed by atoms with Crippen LogP contribution in [0.3, 0.4) is 0 Å². The molecule has 0 spiro atoms. The Hall–Kier alpha value is -1.87. The number of sulfonamides is 1. The first-order valence-corrected chi connectivity index (χ1v) is 7.30. The van der Waals surface area contributed by atoms with E-state index in [2.05, 4.69) is 10.2 Å². The smallest absolute Gasteiger partial charge is 0.343 e. The van der Waals surface area contributed by atoms with Gasteiger partial charge in [-0.1, -0.05) is 0 Å². The zero-order valence-electron chi connectivity index (χ0n) is 10.5. The molecule has 0 fully saturated rings. The number of nitrogens with zero attached hydrogens (tertiary/aromatic N) is 3. The third-order valence-corrected chi connectivity index (χ3v) is 3.92. The highest BCUT2D eigenvalue weighted by Gasteiger charge is 2.17. The number of hydrogen-bond donors (Lipinski definition) is 1. The Labute approximate surface area is 109 Å². The molecule has 0 radical (unpaired) electrons. The highest BCUT2D eigenvalue weighted by atomic mass is 32.2. The molecule has 2 rings (SSSR count). The predicted octanol–water partition coefficient (Wildman–Crippen LogP) is -0.396. The summed E-state index contributed by atoms with van der Waals surface area (Å²) in [5.41, 5.74) is -0.409. The highest BCUT2D eigenvalue weighted by molar-refractivity contribution is 7.88. The molecular formula is C10H14N4O4S. The molecular weight excluding hydrogens is 272 g/mol. The van der Waals surface area contributed by atoms with Gasteiger partial charge in [0, 0.05) is 7.05 Å². The van der Waals surface area contributed by atoms with Gasteiger partial charge in [0.1, 0.15) is 11.6 Å². The predicted molar refractivity (Wildman–Crippen MR) is 67.0 cm³/mol. The van der Waals surface area contributed by atoms with Crippen molar-refractivity contribution in [2.24, 2.45) is 0 Å². The average Bonchev–Trinajstić information content (AvgIpc) is 2.92. The second kappa shape index (κ2) is 5.02. The van der Waals surface area contributed by atoms with E-state index in [1.165, 1.54) is 17.9 Å². The number of nitrogens with one attached hydrogen (secondary N) is 1. The van der Waals surface area contributed by atoms with Crippen LogP contribution in [0.25, 0.3) is 0 Å². The molecule has 0 bridgehead atoms. The van der Waals surface area contributed by atoms with E-state index in [9.17, 15) is 13.2 Å². The second-order valence-corrected chi connectivity index (χ2v) is 6.22. The third kappa shape index (κ3) is 3.12. The summed E-state index contributed by atoms with van der Waals surface area (Å²) in [5.74, 6) is 0.918. The van der Waals surface area contributed by atoms with Crippen LogP contribution in [0.4, 0.5) is 0 Å². The van der Waals surface area contributed by atoms with Crippen LogP contribution < -0.4 is 5.69 Å². The number of hydrogen-bond acceptors (Lipinski definition) is 5. The first-order valence-electron chi connectivity index (χ1n) is 5.45. The van der Waals surface area contributed by atoms with Gasteiger partial charge in [-0.25, -0.2) is 18.3 Å². The van der Waals surface area contributed by atoms with E-state index in [1.54, 1.807) is 12.1 Å². The molecule has 0 amide bonds. The summed E-state index contributed by atoms with van der Waals surface area (Å²) >= 11 is 0. The highest BCUT2D eigenvalue weighted by Crippen LogP contribution is 2.06. The second-order valence-electron chi connectivity index (χ2n) is 4.13. The SMILES string of the molecule is CN(Cc1n[nH]c(=O)n1Cc1ccco1)S(C)(=O)=O. The van der Waals surface area contributed by atoms with E-state index in [0.29, 0.717) is 11.6 Å². The first kappa shape index (κ1) is 13.6. The lowest BCUT2D eigenvalue weighted by Crippen LogP contribution is -2.28. The Morgan fingerprint density at radius 1 is 1.53 bits per heavy atom. The summed E-state index contributed by atoms with van der Waals surface area (Å²) < 4.78 is 30.3. The molecule has 2 aromatic rings. The summed E-state index contributed by atoms with van der Waals surface area (Å²) in [6.07, 6.45) is 2.59. The van der Waals surface area contributed by atoms with Crippen LogP contribution in [0, 0.1) is 0 Å². The quantitative estimate of drug-likeness (QED) is 0.806. The monoisotopic (exact) mass is 286 g/mol. The third-order valence-electron chi connectivity index (χ3n) is 2.66. The molecule has 0 aliphatic carbocycles. The van der Waals surface area contributed by atoms with Crippen molar-refractivity contribution in [3.05, 3.63) is 40.5 Å². The molecule has 19 heavy (non-hydrogen) atoms. The number of H-pyrrole nitrogens is 1. The maximum Gasteiger partial charge on any atom is 0.343 e. The Bertz CT molecular complexity index is 698. The van der Waals surface area contributed by atoms with Crippen molar-refractivity contribution in [3.63, 3.8) is 0 Å². The lowest BCUT2D eigenvalue weighted by Gasteiger charge is -2.13. The zero-order chi connectivity index (χ0) is 14.0. The van der Waals surface area contributed by atoms with Gasteiger partial charge in [-0.05, 0) is 12.1 Å². The number of rotatable bonds is 5. The number of aromatic nitrogens is 3. The Morgan fingerprint density at radius 3 is 2.84 bits per heavy atom. The van der Waals surface area contributed by atoms with Gasteiger partial charge in [-0.15, -0.1) is 0 Å². The van der Waals surface area contributed by atoms with E-state index in [1.807, 2.05) is 0 Å². The van der Waals surface area contributed by atoms with Crippen molar-refractivity contribution in [1.29, 1.82) is 0 Å². The van der Waals surface area contributed by atoms with E-state index in [-0.39, 0.29) is 13.1 Å². The van der Waals surface area contributed by atoms with E-state index in [4.69, 9.17) is 4.42 Å². The summed E-state index contributed by atoms with van der Waals surface area (Å²) in [5, 5.41) is 6.13. The summed E-state index contributed by atoms with van der Waals surface area (Å²) in [6, 6.07) is 3.44. The topological polar surface area (TPSA) is 101 Å². The van der Waals surface area contributed by atoms with Crippen molar-refractivity contribution in [3.8, 4) is 0 Å².